The zero-order chi connectivity index (χ0) is 34.9. The Hall–Kier alpha value is -1.16. The van der Waals surface area contributed by atoms with Crippen LogP contribution >= 0.6 is 0 Å². The Morgan fingerprint density at radius 2 is 1.38 bits per heavy atom. The Labute approximate surface area is 283 Å². The van der Waals surface area contributed by atoms with Crippen LogP contribution in [0.4, 0.5) is 0 Å². The van der Waals surface area contributed by atoms with Crippen LogP contribution < -0.4 is 5.32 Å². The summed E-state index contributed by atoms with van der Waals surface area (Å²) in [6.07, 6.45) is 15.3. The lowest BCUT2D eigenvalue weighted by atomic mass is 9.99. The summed E-state index contributed by atoms with van der Waals surface area (Å²) in [5.41, 5.74) is 0. The summed E-state index contributed by atoms with van der Waals surface area (Å²) in [5.74, 6) is -0.249. The molecular weight excluding hydrogens is 630 g/mol. The largest absolute Gasteiger partial charge is 0.397 e. The lowest BCUT2D eigenvalue weighted by Gasteiger charge is -2.41. The zero-order valence-corrected chi connectivity index (χ0v) is 29.7. The maximum atomic E-state index is 12.9. The summed E-state index contributed by atoms with van der Waals surface area (Å²) in [4.78, 5) is 12.9. The molecule has 0 aromatic carbocycles. The number of amides is 1. The van der Waals surface area contributed by atoms with E-state index in [4.69, 9.17) is 14.0 Å². The van der Waals surface area contributed by atoms with Crippen LogP contribution in [0.15, 0.2) is 12.2 Å². The normalized spacial score (nSPS) is 23.3. The Bertz CT molecular complexity index is 920. The van der Waals surface area contributed by atoms with Gasteiger partial charge in [-0.15, -0.1) is 0 Å². The highest BCUT2D eigenvalue weighted by Crippen LogP contribution is 2.26. The van der Waals surface area contributed by atoms with Gasteiger partial charge in [0, 0.05) is 6.42 Å². The van der Waals surface area contributed by atoms with Crippen molar-refractivity contribution in [3.63, 3.8) is 0 Å². The average molecular weight is 696 g/mol. The van der Waals surface area contributed by atoms with Gasteiger partial charge in [0.25, 0.3) is 0 Å². The summed E-state index contributed by atoms with van der Waals surface area (Å²) >= 11 is 0. The smallest absolute Gasteiger partial charge is 0.394 e. The molecule has 1 saturated heterocycles. The van der Waals surface area contributed by atoms with Gasteiger partial charge in [-0.05, 0) is 32.1 Å². The standard InChI is InChI=1S/C34H65NO11S/c1-3-5-7-9-11-13-15-17-19-21-23-28(37)27(35-30(38)24-22-20-18-16-14-12-10-8-6-4-2)26-44-34-32(40)33(46-47(41,42)43)31(39)29(25-36)45-34/h10,12,27-29,31-34,36-37,39-40H,3-9,11,13-26H2,1-2H3,(H,35,38)(H,41,42,43)/b12-10-. The van der Waals surface area contributed by atoms with Crippen molar-refractivity contribution in [2.75, 3.05) is 13.2 Å². The molecule has 1 aliphatic heterocycles. The van der Waals surface area contributed by atoms with Gasteiger partial charge in [0.2, 0.25) is 5.91 Å². The van der Waals surface area contributed by atoms with Gasteiger partial charge < -0.3 is 35.2 Å². The number of carbonyl (C=O) groups excluding carboxylic acids is 1. The maximum Gasteiger partial charge on any atom is 0.397 e. The SMILES string of the molecule is CCCC/C=C\CCCCCCC(=O)NC(COC1OC(CO)C(O)C(OS(=O)(=O)O)C1O)C(O)CCCCCCCCCCCC. The molecule has 0 spiro atoms. The fraction of sp³-hybridized carbons (Fsp3) is 0.912. The van der Waals surface area contributed by atoms with E-state index in [0.29, 0.717) is 12.8 Å². The van der Waals surface area contributed by atoms with Gasteiger partial charge in [-0.25, -0.2) is 4.18 Å². The quantitative estimate of drug-likeness (QED) is 0.0355. The molecule has 0 saturated carbocycles. The Morgan fingerprint density at radius 3 is 1.98 bits per heavy atom. The molecule has 13 heteroatoms. The first-order valence-electron chi connectivity index (χ1n) is 18.1. The van der Waals surface area contributed by atoms with Gasteiger partial charge in [0.05, 0.1) is 25.4 Å². The molecule has 7 atom stereocenters. The number of carbonyl (C=O) groups is 1. The monoisotopic (exact) mass is 695 g/mol. The second kappa shape index (κ2) is 26.7. The summed E-state index contributed by atoms with van der Waals surface area (Å²) in [5, 5.41) is 44.4. The zero-order valence-electron chi connectivity index (χ0n) is 28.8. The van der Waals surface area contributed by atoms with Crippen LogP contribution in [0.3, 0.4) is 0 Å². The molecule has 6 N–H and O–H groups in total. The van der Waals surface area contributed by atoms with E-state index < -0.39 is 59.9 Å². The molecule has 1 fully saturated rings. The first-order valence-corrected chi connectivity index (χ1v) is 19.4. The highest BCUT2D eigenvalue weighted by atomic mass is 32.3. The summed E-state index contributed by atoms with van der Waals surface area (Å²) in [6.45, 7) is 3.32. The Morgan fingerprint density at radius 1 is 0.830 bits per heavy atom. The third-order valence-corrected chi connectivity index (χ3v) is 9.04. The minimum atomic E-state index is -5.06. The number of allylic oxidation sites excluding steroid dienone is 2. The number of aliphatic hydroxyl groups is 4. The molecule has 0 aromatic rings. The summed E-state index contributed by atoms with van der Waals surface area (Å²) < 4.78 is 47.2. The fourth-order valence-electron chi connectivity index (χ4n) is 5.67. The number of rotatable bonds is 29. The van der Waals surface area contributed by atoms with Crippen molar-refractivity contribution in [1.82, 2.24) is 5.32 Å². The van der Waals surface area contributed by atoms with Crippen LogP contribution in [-0.2, 0) is 28.9 Å². The van der Waals surface area contributed by atoms with Gasteiger partial charge in [-0.3, -0.25) is 9.35 Å². The second-order valence-electron chi connectivity index (χ2n) is 12.8. The second-order valence-corrected chi connectivity index (χ2v) is 13.9. The van der Waals surface area contributed by atoms with Gasteiger partial charge in [0.15, 0.2) is 6.29 Å². The van der Waals surface area contributed by atoms with Crippen molar-refractivity contribution in [3.8, 4) is 0 Å². The van der Waals surface area contributed by atoms with E-state index in [1.165, 1.54) is 51.4 Å². The van der Waals surface area contributed by atoms with Crippen LogP contribution in [0.1, 0.15) is 142 Å². The van der Waals surface area contributed by atoms with E-state index in [-0.39, 0.29) is 18.9 Å². The van der Waals surface area contributed by atoms with Gasteiger partial charge in [-0.1, -0.05) is 116 Å². The number of hydrogen-bond acceptors (Lipinski definition) is 10. The van der Waals surface area contributed by atoms with Crippen molar-refractivity contribution < 1.29 is 51.8 Å². The highest BCUT2D eigenvalue weighted by Gasteiger charge is 2.48. The van der Waals surface area contributed by atoms with Crippen molar-refractivity contribution in [1.29, 1.82) is 0 Å². The first-order chi connectivity index (χ1) is 22.5. The van der Waals surface area contributed by atoms with Gasteiger partial charge in [-0.2, -0.15) is 8.42 Å². The summed E-state index contributed by atoms with van der Waals surface area (Å²) in [7, 11) is -5.06. The van der Waals surface area contributed by atoms with E-state index in [0.717, 1.165) is 57.8 Å². The average Bonchev–Trinajstić information content (AvgIpc) is 3.03. The topological polar surface area (TPSA) is 192 Å². The van der Waals surface area contributed by atoms with Crippen molar-refractivity contribution in [2.45, 2.75) is 185 Å². The molecule has 1 amide bonds. The number of nitrogens with one attached hydrogen (secondary N) is 1. The fourth-order valence-corrected chi connectivity index (χ4v) is 6.18. The number of unbranched alkanes of at least 4 members (excludes halogenated alkanes) is 15. The van der Waals surface area contributed by atoms with E-state index >= 15 is 0 Å². The number of hydrogen-bond donors (Lipinski definition) is 6. The Balaban J connectivity index is 2.67. The lowest BCUT2D eigenvalue weighted by Crippen LogP contribution is -2.61. The van der Waals surface area contributed by atoms with E-state index in [2.05, 4.69) is 35.5 Å². The van der Waals surface area contributed by atoms with Crippen LogP contribution in [0, 0.1) is 0 Å². The predicted molar refractivity (Wildman–Crippen MR) is 181 cm³/mol. The van der Waals surface area contributed by atoms with Crippen molar-refractivity contribution >= 4 is 16.3 Å². The molecular formula is C34H65NO11S. The molecule has 1 aliphatic rings. The van der Waals surface area contributed by atoms with Crippen LogP contribution in [0.25, 0.3) is 0 Å². The molecule has 1 rings (SSSR count). The molecule has 1 heterocycles. The lowest BCUT2D eigenvalue weighted by molar-refractivity contribution is -0.298. The minimum absolute atomic E-state index is 0.249. The van der Waals surface area contributed by atoms with Crippen molar-refractivity contribution in [2.24, 2.45) is 0 Å². The molecule has 278 valence electrons. The van der Waals surface area contributed by atoms with Crippen molar-refractivity contribution in [3.05, 3.63) is 12.2 Å². The molecule has 0 aromatic heterocycles. The van der Waals surface area contributed by atoms with Gasteiger partial charge >= 0.3 is 10.4 Å². The maximum absolute atomic E-state index is 12.9. The molecule has 0 radical (unpaired) electrons. The third-order valence-electron chi connectivity index (χ3n) is 8.57. The van der Waals surface area contributed by atoms with Crippen LogP contribution in [0.5, 0.6) is 0 Å². The van der Waals surface area contributed by atoms with Crippen LogP contribution in [-0.4, -0.2) is 95.4 Å². The van der Waals surface area contributed by atoms with Gasteiger partial charge in [0.1, 0.15) is 24.4 Å². The van der Waals surface area contributed by atoms with Crippen LogP contribution in [0.2, 0.25) is 0 Å². The summed E-state index contributed by atoms with van der Waals surface area (Å²) in [6, 6.07) is -0.856. The highest BCUT2D eigenvalue weighted by molar-refractivity contribution is 7.80. The van der Waals surface area contributed by atoms with E-state index in [9.17, 15) is 33.6 Å². The number of aliphatic hydroxyl groups excluding tert-OH is 4. The molecule has 0 bridgehead atoms. The Kier molecular flexibility index (Phi) is 24.9. The predicted octanol–water partition coefficient (Wildman–Crippen LogP) is 4.87. The molecule has 12 nitrogen and oxygen atoms in total. The first kappa shape index (κ1) is 43.9. The van der Waals surface area contributed by atoms with E-state index in [1.54, 1.807) is 0 Å². The molecule has 0 aliphatic carbocycles. The molecule has 47 heavy (non-hydrogen) atoms. The third kappa shape index (κ3) is 20.8. The minimum Gasteiger partial charge on any atom is -0.394 e. The number of ether oxygens (including phenoxy) is 2. The molecule has 7 unspecified atom stereocenters. The van der Waals surface area contributed by atoms with E-state index in [1.807, 2.05) is 0 Å².